The third-order valence-corrected chi connectivity index (χ3v) is 3.41. The van der Waals surface area contributed by atoms with Crippen molar-refractivity contribution < 1.29 is 4.74 Å². The smallest absolute Gasteiger partial charge is 0.290 e. The minimum Gasteiger partial charge on any atom is -0.393 e. The Balaban J connectivity index is 2.43. The predicted molar refractivity (Wildman–Crippen MR) is 79.8 cm³/mol. The highest BCUT2D eigenvalue weighted by molar-refractivity contribution is 5.41. The number of methoxy groups -OCH3 is 1. The van der Waals surface area contributed by atoms with Crippen molar-refractivity contribution in [2.75, 3.05) is 12.8 Å². The molecule has 0 unspecified atom stereocenters. The molecule has 0 saturated heterocycles. The fourth-order valence-corrected chi connectivity index (χ4v) is 2.33. The van der Waals surface area contributed by atoms with Crippen LogP contribution in [-0.4, -0.2) is 16.5 Å². The van der Waals surface area contributed by atoms with E-state index in [1.165, 1.54) is 5.56 Å². The summed E-state index contributed by atoms with van der Waals surface area (Å²) in [5.41, 5.74) is 9.06. The van der Waals surface area contributed by atoms with E-state index in [1.807, 2.05) is 42.8 Å². The normalized spacial score (nSPS) is 10.9. The number of nitrogen functional groups attached to an aromatic ring is 1. The van der Waals surface area contributed by atoms with Gasteiger partial charge in [0.1, 0.15) is 5.69 Å². The number of ether oxygens (including phenoxy) is 1. The highest BCUT2D eigenvalue weighted by atomic mass is 16.5. The first-order chi connectivity index (χ1) is 9.58. The van der Waals surface area contributed by atoms with Gasteiger partial charge in [0.05, 0.1) is 18.8 Å². The van der Waals surface area contributed by atoms with Gasteiger partial charge in [0.2, 0.25) is 0 Å². The molecule has 5 heteroatoms. The van der Waals surface area contributed by atoms with Crippen molar-refractivity contribution in [2.24, 2.45) is 0 Å². The molecule has 1 heterocycles. The molecule has 0 atom stereocenters. The van der Waals surface area contributed by atoms with Crippen molar-refractivity contribution in [1.82, 2.24) is 9.36 Å². The molecule has 1 aromatic heterocycles. The van der Waals surface area contributed by atoms with Crippen LogP contribution in [0.2, 0.25) is 0 Å². The Morgan fingerprint density at radius 2 is 1.85 bits per heavy atom. The summed E-state index contributed by atoms with van der Waals surface area (Å²) in [5.74, 6) is 0. The van der Waals surface area contributed by atoms with E-state index in [9.17, 15) is 4.79 Å². The van der Waals surface area contributed by atoms with Crippen LogP contribution >= 0.6 is 0 Å². The lowest BCUT2D eigenvalue weighted by Gasteiger charge is -2.13. The van der Waals surface area contributed by atoms with E-state index in [2.05, 4.69) is 0 Å². The Kier molecular flexibility index (Phi) is 4.29. The molecule has 0 radical (unpaired) electrons. The predicted octanol–water partition coefficient (Wildman–Crippen LogP) is 1.76. The summed E-state index contributed by atoms with van der Waals surface area (Å²) in [6.45, 7) is 5.57. The van der Waals surface area contributed by atoms with Crippen molar-refractivity contribution in [3.63, 3.8) is 0 Å². The van der Waals surface area contributed by atoms with Crippen molar-refractivity contribution in [3.05, 3.63) is 51.4 Å². The van der Waals surface area contributed by atoms with Crippen LogP contribution in [0.1, 0.15) is 23.7 Å². The van der Waals surface area contributed by atoms with Crippen LogP contribution < -0.4 is 11.3 Å². The van der Waals surface area contributed by atoms with Crippen LogP contribution in [0.3, 0.4) is 0 Å². The van der Waals surface area contributed by atoms with Gasteiger partial charge >= 0.3 is 0 Å². The molecule has 0 saturated carbocycles. The molecule has 108 valence electrons. The number of aromatic nitrogens is 2. The number of nitrogens with zero attached hydrogens (tertiary/aromatic N) is 2. The molecule has 1 aromatic carbocycles. The molecule has 20 heavy (non-hydrogen) atoms. The molecule has 0 amide bonds. The van der Waals surface area contributed by atoms with Crippen LogP contribution in [0.4, 0.5) is 5.69 Å². The van der Waals surface area contributed by atoms with Crippen molar-refractivity contribution >= 4 is 5.69 Å². The van der Waals surface area contributed by atoms with E-state index in [4.69, 9.17) is 10.5 Å². The maximum Gasteiger partial charge on any atom is 0.290 e. The summed E-state index contributed by atoms with van der Waals surface area (Å²) < 4.78 is 8.70. The molecule has 2 rings (SSSR count). The highest BCUT2D eigenvalue weighted by Crippen LogP contribution is 2.12. The van der Waals surface area contributed by atoms with Gasteiger partial charge in [-0.1, -0.05) is 29.8 Å². The first kappa shape index (κ1) is 14.4. The van der Waals surface area contributed by atoms with Crippen LogP contribution in [0.15, 0.2) is 29.1 Å². The Morgan fingerprint density at radius 1 is 1.20 bits per heavy atom. The largest absolute Gasteiger partial charge is 0.393 e. The van der Waals surface area contributed by atoms with Gasteiger partial charge in [-0.05, 0) is 19.4 Å². The van der Waals surface area contributed by atoms with E-state index >= 15 is 0 Å². The number of benzene rings is 1. The van der Waals surface area contributed by atoms with Crippen LogP contribution in [0.25, 0.3) is 0 Å². The molecule has 0 fully saturated rings. The molecular formula is C15H21N3O2. The maximum atomic E-state index is 12.3. The van der Waals surface area contributed by atoms with E-state index in [0.29, 0.717) is 19.7 Å². The Labute approximate surface area is 118 Å². The first-order valence-corrected chi connectivity index (χ1v) is 6.70. The minimum atomic E-state index is -0.153. The SMILES string of the molecule is CCn1c(COC)c(N)c(=O)n1Cc1ccc(C)cc1. The second-order valence-electron chi connectivity index (χ2n) is 4.86. The van der Waals surface area contributed by atoms with Gasteiger partial charge in [0.15, 0.2) is 0 Å². The number of rotatable bonds is 5. The maximum absolute atomic E-state index is 12.3. The number of hydrogen-bond donors (Lipinski definition) is 1. The fraction of sp³-hybridized carbons (Fsp3) is 0.400. The lowest BCUT2D eigenvalue weighted by Crippen LogP contribution is -2.24. The number of nitrogens with two attached hydrogens (primary N) is 1. The molecular weight excluding hydrogens is 254 g/mol. The monoisotopic (exact) mass is 275 g/mol. The quantitative estimate of drug-likeness (QED) is 0.904. The van der Waals surface area contributed by atoms with E-state index in [1.54, 1.807) is 11.8 Å². The topological polar surface area (TPSA) is 62.2 Å². The summed E-state index contributed by atoms with van der Waals surface area (Å²) in [6, 6.07) is 8.14. The van der Waals surface area contributed by atoms with Crippen molar-refractivity contribution in [1.29, 1.82) is 0 Å². The van der Waals surface area contributed by atoms with Gasteiger partial charge in [0, 0.05) is 13.7 Å². The first-order valence-electron chi connectivity index (χ1n) is 6.70. The molecule has 0 bridgehead atoms. The molecule has 0 aliphatic heterocycles. The van der Waals surface area contributed by atoms with E-state index in [-0.39, 0.29) is 11.2 Å². The number of aryl methyl sites for hydroxylation is 1. The molecule has 5 nitrogen and oxygen atoms in total. The third kappa shape index (κ3) is 2.63. The molecule has 0 spiro atoms. The number of anilines is 1. The summed E-state index contributed by atoms with van der Waals surface area (Å²) >= 11 is 0. The third-order valence-electron chi connectivity index (χ3n) is 3.41. The summed E-state index contributed by atoms with van der Waals surface area (Å²) in [6.07, 6.45) is 0. The van der Waals surface area contributed by atoms with E-state index < -0.39 is 0 Å². The van der Waals surface area contributed by atoms with Gasteiger partial charge in [-0.15, -0.1) is 0 Å². The van der Waals surface area contributed by atoms with Crippen molar-refractivity contribution in [3.8, 4) is 0 Å². The standard InChI is InChI=1S/C15H21N3O2/c1-4-17-13(10-20-3)14(16)15(19)18(17)9-12-7-5-11(2)6-8-12/h5-8H,4,9-10,16H2,1-3H3. The zero-order valence-corrected chi connectivity index (χ0v) is 12.2. The number of hydrogen-bond acceptors (Lipinski definition) is 3. The lowest BCUT2D eigenvalue weighted by molar-refractivity contribution is 0.175. The van der Waals surface area contributed by atoms with Crippen LogP contribution in [0.5, 0.6) is 0 Å². The summed E-state index contributed by atoms with van der Waals surface area (Å²) in [7, 11) is 1.60. The average Bonchev–Trinajstić information content (AvgIpc) is 2.67. The van der Waals surface area contributed by atoms with Gasteiger partial charge in [0.25, 0.3) is 5.56 Å². The van der Waals surface area contributed by atoms with Crippen molar-refractivity contribution in [2.45, 2.75) is 33.5 Å². The van der Waals surface area contributed by atoms with Gasteiger partial charge in [-0.2, -0.15) is 0 Å². The fourth-order valence-electron chi connectivity index (χ4n) is 2.33. The molecule has 0 aliphatic rings. The molecule has 2 N–H and O–H groups in total. The lowest BCUT2D eigenvalue weighted by atomic mass is 10.1. The zero-order valence-electron chi connectivity index (χ0n) is 12.2. The van der Waals surface area contributed by atoms with E-state index in [0.717, 1.165) is 11.3 Å². The second-order valence-corrected chi connectivity index (χ2v) is 4.86. The average molecular weight is 275 g/mol. The van der Waals surface area contributed by atoms with Gasteiger partial charge in [-0.3, -0.25) is 9.48 Å². The second kappa shape index (κ2) is 5.96. The molecule has 0 aliphatic carbocycles. The molecule has 2 aromatic rings. The zero-order chi connectivity index (χ0) is 14.7. The highest BCUT2D eigenvalue weighted by Gasteiger charge is 2.16. The van der Waals surface area contributed by atoms with Gasteiger partial charge in [-0.25, -0.2) is 4.68 Å². The minimum absolute atomic E-state index is 0.153. The Morgan fingerprint density at radius 3 is 2.40 bits per heavy atom. The Bertz CT molecular complexity index is 638. The summed E-state index contributed by atoms with van der Waals surface area (Å²) in [5, 5.41) is 0. The summed E-state index contributed by atoms with van der Waals surface area (Å²) in [4.78, 5) is 12.3. The van der Waals surface area contributed by atoms with Gasteiger partial charge < -0.3 is 10.5 Å². The van der Waals surface area contributed by atoms with Crippen LogP contribution in [0, 0.1) is 6.92 Å². The Hall–Kier alpha value is -2.01. The van der Waals surface area contributed by atoms with Crippen LogP contribution in [-0.2, 0) is 24.4 Å².